The zero-order valence-corrected chi connectivity index (χ0v) is 14.6. The van der Waals surface area contributed by atoms with Crippen molar-refractivity contribution in [1.82, 2.24) is 0 Å². The Morgan fingerprint density at radius 2 is 2.04 bits per heavy atom. The Hall–Kier alpha value is -2.20. The summed E-state index contributed by atoms with van der Waals surface area (Å²) in [5, 5.41) is 3.39. The van der Waals surface area contributed by atoms with Gasteiger partial charge in [-0.1, -0.05) is 36.7 Å². The maximum Gasteiger partial charge on any atom is 0.255 e. The van der Waals surface area contributed by atoms with E-state index < -0.39 is 0 Å². The second kappa shape index (κ2) is 7.14. The van der Waals surface area contributed by atoms with E-state index in [0.29, 0.717) is 35.3 Å². The largest absolute Gasteiger partial charge is 0.489 e. The molecule has 1 N–H and O–H groups in total. The summed E-state index contributed by atoms with van der Waals surface area (Å²) >= 11 is 6.27. The third kappa shape index (κ3) is 3.34. The van der Waals surface area contributed by atoms with Gasteiger partial charge in [0, 0.05) is 17.7 Å². The van der Waals surface area contributed by atoms with E-state index in [-0.39, 0.29) is 5.91 Å². The highest BCUT2D eigenvalue weighted by atomic mass is 35.5. The number of rotatable bonds is 3. The molecule has 0 atom stereocenters. The fourth-order valence-corrected chi connectivity index (χ4v) is 3.01. The number of carbonyl (C=O) groups is 1. The number of fused-ring (bicyclic) bond motifs is 1. The van der Waals surface area contributed by atoms with Gasteiger partial charge in [0.15, 0.2) is 11.5 Å². The number of anilines is 1. The average molecular weight is 346 g/mol. The molecular formula is C19H20ClNO3. The van der Waals surface area contributed by atoms with Gasteiger partial charge in [-0.05, 0) is 36.6 Å². The van der Waals surface area contributed by atoms with E-state index in [1.807, 2.05) is 25.1 Å². The van der Waals surface area contributed by atoms with E-state index in [4.69, 9.17) is 21.1 Å². The van der Waals surface area contributed by atoms with Gasteiger partial charge in [0.2, 0.25) is 0 Å². The summed E-state index contributed by atoms with van der Waals surface area (Å²) in [6, 6.07) is 9.30. The zero-order chi connectivity index (χ0) is 17.1. The predicted molar refractivity (Wildman–Crippen MR) is 95.6 cm³/mol. The Morgan fingerprint density at radius 1 is 1.25 bits per heavy atom. The lowest BCUT2D eigenvalue weighted by Gasteiger charge is -2.15. The highest BCUT2D eigenvalue weighted by Gasteiger charge is 2.19. The molecule has 2 aromatic carbocycles. The topological polar surface area (TPSA) is 47.6 Å². The Morgan fingerprint density at radius 3 is 2.83 bits per heavy atom. The molecule has 1 heterocycles. The minimum atomic E-state index is -0.212. The molecule has 3 rings (SSSR count). The molecule has 0 aromatic heterocycles. The van der Waals surface area contributed by atoms with Crippen LogP contribution in [0.3, 0.4) is 0 Å². The van der Waals surface area contributed by atoms with Crippen LogP contribution in [0, 0.1) is 6.92 Å². The molecule has 0 bridgehead atoms. The predicted octanol–water partition coefficient (Wildman–Crippen LogP) is 4.62. The van der Waals surface area contributed by atoms with Crippen molar-refractivity contribution < 1.29 is 14.3 Å². The molecule has 126 valence electrons. The molecular weight excluding hydrogens is 326 g/mol. The van der Waals surface area contributed by atoms with Gasteiger partial charge in [0.25, 0.3) is 5.91 Å². The molecule has 24 heavy (non-hydrogen) atoms. The third-order valence-corrected chi connectivity index (χ3v) is 4.32. The molecule has 0 radical (unpaired) electrons. The van der Waals surface area contributed by atoms with E-state index in [0.717, 1.165) is 29.7 Å². The van der Waals surface area contributed by atoms with Gasteiger partial charge in [-0.2, -0.15) is 0 Å². The summed E-state index contributed by atoms with van der Waals surface area (Å²) in [6.45, 7) is 5.15. The number of halogens is 1. The zero-order valence-electron chi connectivity index (χ0n) is 13.8. The van der Waals surface area contributed by atoms with Gasteiger partial charge >= 0.3 is 0 Å². The van der Waals surface area contributed by atoms with Crippen LogP contribution in [-0.4, -0.2) is 19.1 Å². The number of benzene rings is 2. The van der Waals surface area contributed by atoms with E-state index in [1.54, 1.807) is 12.1 Å². The molecule has 2 aromatic rings. The molecule has 1 aliphatic heterocycles. The molecule has 1 aliphatic rings. The molecule has 0 aliphatic carbocycles. The van der Waals surface area contributed by atoms with Crippen LogP contribution in [0.5, 0.6) is 11.5 Å². The number of nitrogens with one attached hydrogen (secondary N) is 1. The first-order valence-corrected chi connectivity index (χ1v) is 8.47. The number of carbonyl (C=O) groups excluding carboxylic acids is 1. The van der Waals surface area contributed by atoms with Crippen LogP contribution >= 0.6 is 11.6 Å². The Balaban J connectivity index is 1.91. The number of hydrogen-bond acceptors (Lipinski definition) is 3. The summed E-state index contributed by atoms with van der Waals surface area (Å²) in [6.07, 6.45) is 1.63. The smallest absolute Gasteiger partial charge is 0.255 e. The Labute approximate surface area is 146 Å². The van der Waals surface area contributed by atoms with Crippen LogP contribution in [0.4, 0.5) is 5.69 Å². The Kier molecular flexibility index (Phi) is 4.95. The van der Waals surface area contributed by atoms with Crippen molar-refractivity contribution in [3.8, 4) is 11.5 Å². The molecule has 0 saturated heterocycles. The first-order chi connectivity index (χ1) is 11.6. The quantitative estimate of drug-likeness (QED) is 0.882. The highest BCUT2D eigenvalue weighted by Crippen LogP contribution is 2.38. The van der Waals surface area contributed by atoms with E-state index >= 15 is 0 Å². The van der Waals surface area contributed by atoms with Crippen LogP contribution in [0.2, 0.25) is 5.02 Å². The number of aryl methyl sites for hydroxylation is 2. The van der Waals surface area contributed by atoms with Crippen molar-refractivity contribution in [1.29, 1.82) is 0 Å². The normalized spacial score (nSPS) is 13.3. The van der Waals surface area contributed by atoms with Crippen molar-refractivity contribution in [2.45, 2.75) is 26.7 Å². The number of hydrogen-bond donors (Lipinski definition) is 1. The molecule has 0 fully saturated rings. The lowest BCUT2D eigenvalue weighted by molar-refractivity contribution is 0.102. The van der Waals surface area contributed by atoms with Crippen molar-refractivity contribution in [2.24, 2.45) is 0 Å². The van der Waals surface area contributed by atoms with Crippen LogP contribution in [0.1, 0.15) is 34.8 Å². The fourth-order valence-electron chi connectivity index (χ4n) is 2.75. The standard InChI is InChI=1S/C19H20ClNO3/c1-3-13-7-4-6-12(2)17(13)21-19(22)14-10-15(20)18-16(11-14)23-8-5-9-24-18/h4,6-7,10-11H,3,5,8-9H2,1-2H3,(H,21,22). The summed E-state index contributed by atoms with van der Waals surface area (Å²) in [4.78, 5) is 12.7. The molecule has 0 spiro atoms. The van der Waals surface area contributed by atoms with E-state index in [1.165, 1.54) is 0 Å². The van der Waals surface area contributed by atoms with Crippen LogP contribution < -0.4 is 14.8 Å². The Bertz CT molecular complexity index is 773. The van der Waals surface area contributed by atoms with Crippen molar-refractivity contribution in [3.63, 3.8) is 0 Å². The van der Waals surface area contributed by atoms with Crippen LogP contribution in [0.15, 0.2) is 30.3 Å². The molecule has 1 amide bonds. The number of ether oxygens (including phenoxy) is 2. The minimum Gasteiger partial charge on any atom is -0.489 e. The van der Waals surface area contributed by atoms with Gasteiger partial charge < -0.3 is 14.8 Å². The molecule has 5 heteroatoms. The van der Waals surface area contributed by atoms with E-state index in [9.17, 15) is 4.79 Å². The second-order valence-electron chi connectivity index (χ2n) is 5.75. The highest BCUT2D eigenvalue weighted by molar-refractivity contribution is 6.32. The van der Waals surface area contributed by atoms with Gasteiger partial charge in [-0.25, -0.2) is 0 Å². The average Bonchev–Trinajstić information content (AvgIpc) is 2.82. The SMILES string of the molecule is CCc1cccc(C)c1NC(=O)c1cc(Cl)c2c(c1)OCCCO2. The molecule has 0 unspecified atom stereocenters. The maximum absolute atomic E-state index is 12.7. The lowest BCUT2D eigenvalue weighted by atomic mass is 10.1. The van der Waals surface area contributed by atoms with Crippen LogP contribution in [-0.2, 0) is 6.42 Å². The summed E-state index contributed by atoms with van der Waals surface area (Å²) < 4.78 is 11.2. The van der Waals surface area contributed by atoms with Crippen molar-refractivity contribution >= 4 is 23.2 Å². The summed E-state index contributed by atoms with van der Waals surface area (Å²) in [7, 11) is 0. The fraction of sp³-hybridized carbons (Fsp3) is 0.316. The molecule has 0 saturated carbocycles. The summed E-state index contributed by atoms with van der Waals surface area (Å²) in [5.41, 5.74) is 3.44. The first-order valence-electron chi connectivity index (χ1n) is 8.09. The second-order valence-corrected chi connectivity index (χ2v) is 6.16. The van der Waals surface area contributed by atoms with Crippen molar-refractivity contribution in [2.75, 3.05) is 18.5 Å². The van der Waals surface area contributed by atoms with Gasteiger partial charge in [-0.15, -0.1) is 0 Å². The summed E-state index contributed by atoms with van der Waals surface area (Å²) in [5.74, 6) is 0.818. The van der Waals surface area contributed by atoms with Crippen LogP contribution in [0.25, 0.3) is 0 Å². The third-order valence-electron chi connectivity index (χ3n) is 4.04. The van der Waals surface area contributed by atoms with Gasteiger partial charge in [0.1, 0.15) is 0 Å². The number of amides is 1. The van der Waals surface area contributed by atoms with Crippen molar-refractivity contribution in [3.05, 3.63) is 52.0 Å². The first kappa shape index (κ1) is 16.7. The van der Waals surface area contributed by atoms with Gasteiger partial charge in [-0.3, -0.25) is 4.79 Å². The van der Waals surface area contributed by atoms with Gasteiger partial charge in [0.05, 0.1) is 18.2 Å². The number of para-hydroxylation sites is 1. The minimum absolute atomic E-state index is 0.212. The lowest BCUT2D eigenvalue weighted by Crippen LogP contribution is -2.14. The monoisotopic (exact) mass is 345 g/mol. The maximum atomic E-state index is 12.7. The van der Waals surface area contributed by atoms with E-state index in [2.05, 4.69) is 12.2 Å². The molecule has 4 nitrogen and oxygen atoms in total.